The molecule has 4 nitrogen and oxygen atoms in total. The van der Waals surface area contributed by atoms with E-state index in [4.69, 9.17) is 4.74 Å². The Balaban J connectivity index is 2.33. The summed E-state index contributed by atoms with van der Waals surface area (Å²) in [7, 11) is -3.27. The monoisotopic (exact) mass is 213 g/mol. The van der Waals surface area contributed by atoms with Crippen LogP contribution in [-0.4, -0.2) is 31.9 Å². The molecule has 5 heteroatoms. The van der Waals surface area contributed by atoms with Crippen LogP contribution in [0, 0.1) is 0 Å². The Kier molecular flexibility index (Phi) is 2.52. The summed E-state index contributed by atoms with van der Waals surface area (Å²) in [5.74, 6) is 0. The van der Waals surface area contributed by atoms with Crippen molar-refractivity contribution in [3.05, 3.63) is 24.4 Å². The third kappa shape index (κ3) is 1.65. The van der Waals surface area contributed by atoms with Crippen molar-refractivity contribution in [2.24, 2.45) is 0 Å². The molecule has 1 aliphatic rings. The Bertz CT molecular complexity index is 395. The zero-order valence-corrected chi connectivity index (χ0v) is 8.40. The van der Waals surface area contributed by atoms with E-state index in [0.29, 0.717) is 19.6 Å². The fourth-order valence-corrected chi connectivity index (χ4v) is 2.94. The predicted molar refractivity (Wildman–Crippen MR) is 50.6 cm³/mol. The molecule has 1 aliphatic heterocycles. The van der Waals surface area contributed by atoms with E-state index in [1.807, 2.05) is 0 Å². The van der Waals surface area contributed by atoms with Crippen molar-refractivity contribution in [3.8, 4) is 0 Å². The summed E-state index contributed by atoms with van der Waals surface area (Å²) in [6, 6.07) is 4.90. The molecule has 14 heavy (non-hydrogen) atoms. The summed E-state index contributed by atoms with van der Waals surface area (Å²) in [5, 5.41) is -0.270. The first kappa shape index (κ1) is 9.61. The van der Waals surface area contributed by atoms with Gasteiger partial charge in [0.25, 0.3) is 0 Å². The molecule has 1 saturated heterocycles. The van der Waals surface area contributed by atoms with Gasteiger partial charge in [-0.05, 0) is 18.6 Å². The molecule has 1 unspecified atom stereocenters. The standard InChI is InChI=1S/C9H11NO3S/c11-14(12,8-4-6-13-7-8)9-3-1-2-5-10-9/h1-3,5,8H,4,6-7H2. The van der Waals surface area contributed by atoms with E-state index in [1.165, 1.54) is 12.3 Å². The van der Waals surface area contributed by atoms with Crippen LogP contribution >= 0.6 is 0 Å². The van der Waals surface area contributed by atoms with Crippen LogP contribution in [0.4, 0.5) is 0 Å². The summed E-state index contributed by atoms with van der Waals surface area (Å²) in [6.45, 7) is 0.815. The lowest BCUT2D eigenvalue weighted by Crippen LogP contribution is -2.22. The molecule has 1 aromatic heterocycles. The number of rotatable bonds is 2. The zero-order chi connectivity index (χ0) is 10.0. The molecule has 0 amide bonds. The first-order valence-corrected chi connectivity index (χ1v) is 5.98. The van der Waals surface area contributed by atoms with Crippen molar-refractivity contribution >= 4 is 9.84 Å². The lowest BCUT2D eigenvalue weighted by Gasteiger charge is -2.07. The first-order chi connectivity index (χ1) is 6.71. The second-order valence-corrected chi connectivity index (χ2v) is 5.37. The molecule has 1 atom stereocenters. The van der Waals surface area contributed by atoms with Crippen molar-refractivity contribution < 1.29 is 13.2 Å². The number of hydrogen-bond donors (Lipinski definition) is 0. The minimum absolute atomic E-state index is 0.149. The smallest absolute Gasteiger partial charge is 0.200 e. The number of pyridine rings is 1. The molecule has 0 spiro atoms. The van der Waals surface area contributed by atoms with E-state index in [1.54, 1.807) is 12.1 Å². The van der Waals surface area contributed by atoms with Gasteiger partial charge in [-0.1, -0.05) is 6.07 Å². The maximum Gasteiger partial charge on any atom is 0.200 e. The van der Waals surface area contributed by atoms with Crippen molar-refractivity contribution in [1.29, 1.82) is 0 Å². The number of ether oxygens (including phenoxy) is 1. The lowest BCUT2D eigenvalue weighted by molar-refractivity contribution is 0.198. The van der Waals surface area contributed by atoms with Crippen LogP contribution in [0.1, 0.15) is 6.42 Å². The van der Waals surface area contributed by atoms with E-state index in [0.717, 1.165) is 0 Å². The Morgan fingerprint density at radius 2 is 2.29 bits per heavy atom. The van der Waals surface area contributed by atoms with Gasteiger partial charge in [-0.3, -0.25) is 0 Å². The van der Waals surface area contributed by atoms with Crippen molar-refractivity contribution in [1.82, 2.24) is 4.98 Å². The van der Waals surface area contributed by atoms with Crippen molar-refractivity contribution in [2.45, 2.75) is 16.7 Å². The number of aromatic nitrogens is 1. The quantitative estimate of drug-likeness (QED) is 0.723. The van der Waals surface area contributed by atoms with Gasteiger partial charge in [-0.2, -0.15) is 0 Å². The summed E-state index contributed by atoms with van der Waals surface area (Å²) in [5.41, 5.74) is 0. The van der Waals surface area contributed by atoms with Crippen LogP contribution in [0.3, 0.4) is 0 Å². The van der Waals surface area contributed by atoms with E-state index < -0.39 is 15.1 Å². The molecule has 0 N–H and O–H groups in total. The molecule has 1 aromatic rings. The number of nitrogens with zero attached hydrogens (tertiary/aromatic N) is 1. The lowest BCUT2D eigenvalue weighted by atomic mass is 10.4. The molecular formula is C9H11NO3S. The van der Waals surface area contributed by atoms with Crippen LogP contribution < -0.4 is 0 Å². The van der Waals surface area contributed by atoms with Crippen LogP contribution in [-0.2, 0) is 14.6 Å². The average Bonchev–Trinajstić information content (AvgIpc) is 2.72. The molecule has 0 bridgehead atoms. The zero-order valence-electron chi connectivity index (χ0n) is 7.59. The fraction of sp³-hybridized carbons (Fsp3) is 0.444. The summed E-state index contributed by atoms with van der Waals surface area (Å²) in [4.78, 5) is 3.85. The van der Waals surface area contributed by atoms with Gasteiger partial charge in [-0.25, -0.2) is 13.4 Å². The molecular weight excluding hydrogens is 202 g/mol. The van der Waals surface area contributed by atoms with Gasteiger partial charge in [0.1, 0.15) is 0 Å². The Hall–Kier alpha value is -0.940. The largest absolute Gasteiger partial charge is 0.380 e. The third-order valence-electron chi connectivity index (χ3n) is 2.26. The van der Waals surface area contributed by atoms with Gasteiger partial charge in [-0.15, -0.1) is 0 Å². The van der Waals surface area contributed by atoms with Gasteiger partial charge in [0.05, 0.1) is 11.9 Å². The van der Waals surface area contributed by atoms with E-state index in [9.17, 15) is 8.42 Å². The minimum atomic E-state index is -3.27. The average molecular weight is 213 g/mol. The highest BCUT2D eigenvalue weighted by Crippen LogP contribution is 2.20. The highest BCUT2D eigenvalue weighted by Gasteiger charge is 2.31. The molecule has 0 aromatic carbocycles. The Labute approximate surface area is 82.8 Å². The third-order valence-corrected chi connectivity index (χ3v) is 4.33. The second-order valence-electron chi connectivity index (χ2n) is 3.20. The molecule has 76 valence electrons. The van der Waals surface area contributed by atoms with Gasteiger partial charge in [0.2, 0.25) is 9.84 Å². The first-order valence-electron chi connectivity index (χ1n) is 4.44. The van der Waals surface area contributed by atoms with Crippen LogP contribution in [0.5, 0.6) is 0 Å². The highest BCUT2D eigenvalue weighted by atomic mass is 32.2. The molecule has 2 rings (SSSR count). The van der Waals surface area contributed by atoms with Gasteiger partial charge in [0.15, 0.2) is 5.03 Å². The summed E-state index contributed by atoms with van der Waals surface area (Å²) in [6.07, 6.45) is 2.06. The van der Waals surface area contributed by atoms with Crippen molar-refractivity contribution in [2.75, 3.05) is 13.2 Å². The normalized spacial score (nSPS) is 22.4. The topological polar surface area (TPSA) is 56.3 Å². The van der Waals surface area contributed by atoms with E-state index in [2.05, 4.69) is 4.98 Å². The van der Waals surface area contributed by atoms with Crippen molar-refractivity contribution in [3.63, 3.8) is 0 Å². The number of sulfone groups is 1. The van der Waals surface area contributed by atoms with E-state index in [-0.39, 0.29) is 5.03 Å². The van der Waals surface area contributed by atoms with Gasteiger partial charge < -0.3 is 4.74 Å². The fourth-order valence-electron chi connectivity index (χ4n) is 1.44. The summed E-state index contributed by atoms with van der Waals surface area (Å²) < 4.78 is 28.8. The SMILES string of the molecule is O=S(=O)(c1ccccn1)C1CCOC1. The Morgan fingerprint density at radius 3 is 2.86 bits per heavy atom. The number of hydrogen-bond acceptors (Lipinski definition) is 4. The molecule has 1 fully saturated rings. The maximum atomic E-state index is 11.9. The predicted octanol–water partition coefficient (Wildman–Crippen LogP) is 0.644. The van der Waals surface area contributed by atoms with Gasteiger partial charge >= 0.3 is 0 Å². The molecule has 0 radical (unpaired) electrons. The molecule has 0 aliphatic carbocycles. The maximum absolute atomic E-state index is 11.9. The molecule has 0 saturated carbocycles. The van der Waals surface area contributed by atoms with Gasteiger partial charge in [0, 0.05) is 12.8 Å². The Morgan fingerprint density at radius 1 is 1.43 bits per heavy atom. The highest BCUT2D eigenvalue weighted by molar-refractivity contribution is 7.92. The molecule has 2 heterocycles. The second kappa shape index (κ2) is 3.67. The van der Waals surface area contributed by atoms with Crippen LogP contribution in [0.2, 0.25) is 0 Å². The minimum Gasteiger partial charge on any atom is -0.380 e. The van der Waals surface area contributed by atoms with Crippen LogP contribution in [0.25, 0.3) is 0 Å². The summed E-state index contributed by atoms with van der Waals surface area (Å²) >= 11 is 0. The van der Waals surface area contributed by atoms with E-state index >= 15 is 0 Å². The van der Waals surface area contributed by atoms with Crippen LogP contribution in [0.15, 0.2) is 29.4 Å².